The second kappa shape index (κ2) is 5.12. The van der Waals surface area contributed by atoms with Gasteiger partial charge in [-0.3, -0.25) is 9.59 Å². The second-order valence-electron chi connectivity index (χ2n) is 5.23. The van der Waals surface area contributed by atoms with Crippen molar-refractivity contribution in [2.75, 3.05) is 6.54 Å². The Morgan fingerprint density at radius 3 is 2.61 bits per heavy atom. The third kappa shape index (κ3) is 2.04. The lowest BCUT2D eigenvalue weighted by Crippen LogP contribution is -2.69. The van der Waals surface area contributed by atoms with Crippen molar-refractivity contribution >= 4 is 11.8 Å². The molecule has 4 heteroatoms. The topological polar surface area (TPSA) is 49.4 Å². The number of rotatable bonds is 3. The van der Waals surface area contributed by atoms with E-state index >= 15 is 0 Å². The zero-order chi connectivity index (χ0) is 13.2. The Bertz CT molecular complexity index is 370. The van der Waals surface area contributed by atoms with Crippen molar-refractivity contribution in [1.29, 1.82) is 0 Å². The smallest absolute Gasteiger partial charge is 0.249 e. The van der Waals surface area contributed by atoms with Crippen LogP contribution in [0.5, 0.6) is 0 Å². The molecular formula is C14H22N2O2. The molecule has 1 spiro atoms. The Morgan fingerprint density at radius 2 is 2.06 bits per heavy atom. The summed E-state index contributed by atoms with van der Waals surface area (Å²) >= 11 is 0. The first-order valence-electron chi connectivity index (χ1n) is 6.89. The van der Waals surface area contributed by atoms with Crippen molar-refractivity contribution in [3.8, 4) is 0 Å². The van der Waals surface area contributed by atoms with Crippen molar-refractivity contribution in [3.05, 3.63) is 12.2 Å². The van der Waals surface area contributed by atoms with Gasteiger partial charge in [0.1, 0.15) is 11.6 Å². The maximum atomic E-state index is 12.6. The fourth-order valence-corrected chi connectivity index (χ4v) is 3.08. The molecule has 1 unspecified atom stereocenters. The highest BCUT2D eigenvalue weighted by atomic mass is 16.2. The largest absolute Gasteiger partial charge is 0.340 e. The van der Waals surface area contributed by atoms with Gasteiger partial charge in [-0.15, -0.1) is 0 Å². The lowest BCUT2D eigenvalue weighted by molar-refractivity contribution is -0.154. The highest BCUT2D eigenvalue weighted by molar-refractivity contribution is 6.00. The number of amides is 2. The van der Waals surface area contributed by atoms with Crippen LogP contribution in [0.3, 0.4) is 0 Å². The number of carbonyl (C=O) groups is 2. The monoisotopic (exact) mass is 250 g/mol. The van der Waals surface area contributed by atoms with Crippen LogP contribution in [0.25, 0.3) is 0 Å². The molecule has 0 radical (unpaired) electrons. The van der Waals surface area contributed by atoms with Gasteiger partial charge < -0.3 is 10.2 Å². The molecule has 1 atom stereocenters. The van der Waals surface area contributed by atoms with Gasteiger partial charge in [0.2, 0.25) is 11.8 Å². The predicted octanol–water partition coefficient (Wildman–Crippen LogP) is 1.61. The molecule has 2 aliphatic rings. The van der Waals surface area contributed by atoms with Crippen molar-refractivity contribution < 1.29 is 9.59 Å². The Morgan fingerprint density at radius 1 is 1.39 bits per heavy atom. The van der Waals surface area contributed by atoms with Crippen molar-refractivity contribution in [2.24, 2.45) is 0 Å². The van der Waals surface area contributed by atoms with E-state index in [1.165, 1.54) is 0 Å². The molecule has 0 aromatic rings. The molecule has 2 amide bonds. The summed E-state index contributed by atoms with van der Waals surface area (Å²) in [5.74, 6) is 0.132. The Balaban J connectivity index is 2.26. The van der Waals surface area contributed by atoms with Gasteiger partial charge in [0.15, 0.2) is 0 Å². The first-order chi connectivity index (χ1) is 8.64. The van der Waals surface area contributed by atoms with Crippen LogP contribution in [0.2, 0.25) is 0 Å². The van der Waals surface area contributed by atoms with Gasteiger partial charge in [-0.2, -0.15) is 0 Å². The van der Waals surface area contributed by atoms with Gasteiger partial charge >= 0.3 is 0 Å². The molecule has 1 saturated heterocycles. The van der Waals surface area contributed by atoms with E-state index in [-0.39, 0.29) is 17.9 Å². The minimum atomic E-state index is -0.593. The van der Waals surface area contributed by atoms with Gasteiger partial charge in [-0.1, -0.05) is 31.9 Å². The molecule has 1 aliphatic heterocycles. The van der Waals surface area contributed by atoms with Crippen molar-refractivity contribution in [2.45, 2.75) is 57.5 Å². The van der Waals surface area contributed by atoms with E-state index in [1.54, 1.807) is 4.90 Å². The lowest BCUT2D eigenvalue weighted by Gasteiger charge is -2.44. The zero-order valence-corrected chi connectivity index (χ0v) is 11.2. The summed E-state index contributed by atoms with van der Waals surface area (Å²) < 4.78 is 0. The van der Waals surface area contributed by atoms with Crippen LogP contribution in [-0.2, 0) is 9.59 Å². The summed E-state index contributed by atoms with van der Waals surface area (Å²) in [6, 6.07) is -0.306. The summed E-state index contributed by atoms with van der Waals surface area (Å²) in [5, 5.41) is 2.99. The Labute approximate surface area is 108 Å². The lowest BCUT2D eigenvalue weighted by atomic mass is 9.90. The van der Waals surface area contributed by atoms with Crippen molar-refractivity contribution in [1.82, 2.24) is 10.2 Å². The summed E-state index contributed by atoms with van der Waals surface area (Å²) in [5.41, 5.74) is -0.593. The molecule has 0 aromatic heterocycles. The normalized spacial score (nSPS) is 27.2. The van der Waals surface area contributed by atoms with E-state index in [1.807, 2.05) is 26.0 Å². The molecule has 1 aliphatic carbocycles. The molecule has 1 heterocycles. The van der Waals surface area contributed by atoms with Crippen molar-refractivity contribution in [3.63, 3.8) is 0 Å². The maximum Gasteiger partial charge on any atom is 0.249 e. The maximum absolute atomic E-state index is 12.6. The minimum absolute atomic E-state index is 0.0171. The number of allylic oxidation sites excluding steroid dienone is 1. The van der Waals surface area contributed by atoms with Gasteiger partial charge in [0.05, 0.1) is 0 Å². The van der Waals surface area contributed by atoms with Crippen LogP contribution in [0.1, 0.15) is 46.0 Å². The third-order valence-corrected chi connectivity index (χ3v) is 4.09. The molecule has 1 saturated carbocycles. The Kier molecular flexibility index (Phi) is 3.73. The first kappa shape index (κ1) is 13.1. The average molecular weight is 250 g/mol. The fraction of sp³-hybridized carbons (Fsp3) is 0.714. The van der Waals surface area contributed by atoms with Gasteiger partial charge in [-0.25, -0.2) is 0 Å². The van der Waals surface area contributed by atoms with Crippen LogP contribution < -0.4 is 5.32 Å². The quantitative estimate of drug-likeness (QED) is 0.774. The molecule has 2 fully saturated rings. The van der Waals surface area contributed by atoms with E-state index in [9.17, 15) is 9.59 Å². The highest BCUT2D eigenvalue weighted by Gasteiger charge is 2.51. The number of carbonyl (C=O) groups excluding carboxylic acids is 2. The summed E-state index contributed by atoms with van der Waals surface area (Å²) in [4.78, 5) is 26.6. The number of nitrogens with zero attached hydrogens (tertiary/aromatic N) is 1. The van der Waals surface area contributed by atoms with Crippen LogP contribution in [0.4, 0.5) is 0 Å². The zero-order valence-electron chi connectivity index (χ0n) is 11.2. The standard InChI is InChI=1S/C14H22N2O2/c1-3-5-10-16-11(4-2)12(17)15-14(13(16)18)8-6-7-9-14/h3,5,11H,4,6-10H2,1-2H3,(H,15,17)/b5-3+. The number of piperazine rings is 1. The molecular weight excluding hydrogens is 228 g/mol. The second-order valence-corrected chi connectivity index (χ2v) is 5.23. The average Bonchev–Trinajstić information content (AvgIpc) is 2.81. The number of hydrogen-bond acceptors (Lipinski definition) is 2. The van der Waals surface area contributed by atoms with E-state index in [0.717, 1.165) is 25.7 Å². The summed E-state index contributed by atoms with van der Waals surface area (Å²) in [7, 11) is 0. The first-order valence-corrected chi connectivity index (χ1v) is 6.89. The fourth-order valence-electron chi connectivity index (χ4n) is 3.08. The molecule has 0 aromatic carbocycles. The van der Waals surface area contributed by atoms with Crippen LogP contribution >= 0.6 is 0 Å². The predicted molar refractivity (Wildman–Crippen MR) is 69.9 cm³/mol. The van der Waals surface area contributed by atoms with E-state index in [2.05, 4.69) is 5.32 Å². The molecule has 2 rings (SSSR count). The number of nitrogens with one attached hydrogen (secondary N) is 1. The van der Waals surface area contributed by atoms with E-state index in [0.29, 0.717) is 13.0 Å². The number of hydrogen-bond donors (Lipinski definition) is 1. The van der Waals surface area contributed by atoms with Gasteiger partial charge in [0, 0.05) is 6.54 Å². The van der Waals surface area contributed by atoms with Crippen LogP contribution in [0, 0.1) is 0 Å². The molecule has 1 N–H and O–H groups in total. The molecule has 4 nitrogen and oxygen atoms in total. The van der Waals surface area contributed by atoms with E-state index < -0.39 is 5.54 Å². The van der Waals surface area contributed by atoms with Crippen LogP contribution in [0.15, 0.2) is 12.2 Å². The molecule has 18 heavy (non-hydrogen) atoms. The summed E-state index contributed by atoms with van der Waals surface area (Å²) in [6.45, 7) is 4.43. The SMILES string of the molecule is C/C=C/CN1C(=O)C2(CCCC2)NC(=O)C1CC. The third-order valence-electron chi connectivity index (χ3n) is 4.09. The molecule has 100 valence electrons. The van der Waals surface area contributed by atoms with Gasteiger partial charge in [-0.05, 0) is 26.2 Å². The van der Waals surface area contributed by atoms with Gasteiger partial charge in [0.25, 0.3) is 0 Å². The molecule has 0 bridgehead atoms. The van der Waals surface area contributed by atoms with E-state index in [4.69, 9.17) is 0 Å². The summed E-state index contributed by atoms with van der Waals surface area (Å²) in [6.07, 6.45) is 8.18. The minimum Gasteiger partial charge on any atom is -0.340 e. The highest BCUT2D eigenvalue weighted by Crippen LogP contribution is 2.35. The Hall–Kier alpha value is -1.32. The van der Waals surface area contributed by atoms with Crippen LogP contribution in [-0.4, -0.2) is 34.8 Å².